The fourth-order valence-corrected chi connectivity index (χ4v) is 4.38. The number of benzene rings is 2. The van der Waals surface area contributed by atoms with Gasteiger partial charge in [0.1, 0.15) is 17.5 Å². The second-order valence-corrected chi connectivity index (χ2v) is 9.07. The van der Waals surface area contributed by atoms with Crippen molar-refractivity contribution in [2.45, 2.75) is 38.8 Å². The molecule has 164 valence electrons. The molecule has 0 bridgehead atoms. The summed E-state index contributed by atoms with van der Waals surface area (Å²) >= 11 is 0. The Bertz CT molecular complexity index is 947. The number of hydrogen-bond acceptors (Lipinski definition) is 5. The van der Waals surface area contributed by atoms with Crippen LogP contribution in [0.5, 0.6) is 11.5 Å². The number of methoxy groups -OCH3 is 2. The number of carbonyl (C=O) groups is 1. The van der Waals surface area contributed by atoms with E-state index in [2.05, 4.69) is 5.32 Å². The van der Waals surface area contributed by atoms with Gasteiger partial charge >= 0.3 is 0 Å². The molecule has 2 aromatic carbocycles. The van der Waals surface area contributed by atoms with E-state index >= 15 is 0 Å². The zero-order chi connectivity index (χ0) is 22.3. The highest BCUT2D eigenvalue weighted by atomic mass is 32.2. The van der Waals surface area contributed by atoms with Gasteiger partial charge in [-0.3, -0.25) is 9.10 Å². The van der Waals surface area contributed by atoms with E-state index in [0.29, 0.717) is 11.5 Å². The van der Waals surface area contributed by atoms with E-state index in [4.69, 9.17) is 9.47 Å². The Morgan fingerprint density at radius 3 is 2.30 bits per heavy atom. The van der Waals surface area contributed by atoms with Gasteiger partial charge in [-0.1, -0.05) is 30.3 Å². The topological polar surface area (TPSA) is 84.9 Å². The molecule has 7 nitrogen and oxygen atoms in total. The Morgan fingerprint density at radius 2 is 1.73 bits per heavy atom. The summed E-state index contributed by atoms with van der Waals surface area (Å²) in [5.74, 6) is 0.409. The van der Waals surface area contributed by atoms with Crippen LogP contribution in [0.4, 0.5) is 5.69 Å². The predicted molar refractivity (Wildman–Crippen MR) is 119 cm³/mol. The van der Waals surface area contributed by atoms with Crippen molar-refractivity contribution in [2.24, 2.45) is 0 Å². The first-order valence-corrected chi connectivity index (χ1v) is 11.6. The van der Waals surface area contributed by atoms with Crippen LogP contribution in [0.25, 0.3) is 0 Å². The normalized spacial score (nSPS) is 13.2. The van der Waals surface area contributed by atoms with Crippen molar-refractivity contribution in [2.75, 3.05) is 24.8 Å². The third-order valence-corrected chi connectivity index (χ3v) is 6.04. The number of anilines is 1. The summed E-state index contributed by atoms with van der Waals surface area (Å²) in [4.78, 5) is 12.9. The van der Waals surface area contributed by atoms with Crippen LogP contribution < -0.4 is 19.1 Å². The summed E-state index contributed by atoms with van der Waals surface area (Å²) in [6, 6.07) is 13.7. The monoisotopic (exact) mass is 434 g/mol. The lowest BCUT2D eigenvalue weighted by molar-refractivity contribution is -0.122. The highest BCUT2D eigenvalue weighted by molar-refractivity contribution is 7.92. The highest BCUT2D eigenvalue weighted by Crippen LogP contribution is 2.35. The molecule has 0 aliphatic heterocycles. The lowest BCUT2D eigenvalue weighted by atomic mass is 10.1. The lowest BCUT2D eigenvalue weighted by Crippen LogP contribution is -2.50. The van der Waals surface area contributed by atoms with Crippen LogP contribution in [0, 0.1) is 0 Å². The molecule has 2 atom stereocenters. The number of rotatable bonds is 10. The average Bonchev–Trinajstić information content (AvgIpc) is 2.71. The van der Waals surface area contributed by atoms with Gasteiger partial charge in [-0.2, -0.15) is 0 Å². The Kier molecular flexibility index (Phi) is 8.11. The smallest absolute Gasteiger partial charge is 0.243 e. The zero-order valence-corrected chi connectivity index (χ0v) is 18.9. The number of ether oxygens (including phenoxy) is 2. The van der Waals surface area contributed by atoms with Crippen LogP contribution in [-0.2, 0) is 21.2 Å². The van der Waals surface area contributed by atoms with Gasteiger partial charge in [-0.05, 0) is 44.4 Å². The quantitative estimate of drug-likeness (QED) is 0.621. The van der Waals surface area contributed by atoms with Crippen LogP contribution in [0.1, 0.15) is 25.8 Å². The van der Waals surface area contributed by atoms with Gasteiger partial charge in [0.15, 0.2) is 0 Å². The van der Waals surface area contributed by atoms with E-state index in [-0.39, 0.29) is 17.6 Å². The molecule has 0 unspecified atom stereocenters. The summed E-state index contributed by atoms with van der Waals surface area (Å²) in [6.07, 6.45) is 2.62. The number of sulfonamides is 1. The predicted octanol–water partition coefficient (Wildman–Crippen LogP) is 3.00. The third kappa shape index (κ3) is 6.13. The fraction of sp³-hybridized carbons (Fsp3) is 0.409. The molecule has 0 fully saturated rings. The minimum atomic E-state index is -3.77. The Morgan fingerprint density at radius 1 is 1.07 bits per heavy atom. The molecule has 0 saturated heterocycles. The van der Waals surface area contributed by atoms with Crippen molar-refractivity contribution < 1.29 is 22.7 Å². The second kappa shape index (κ2) is 10.3. The van der Waals surface area contributed by atoms with Crippen LogP contribution in [0.15, 0.2) is 48.5 Å². The number of carbonyl (C=O) groups excluding carboxylic acids is 1. The highest BCUT2D eigenvalue weighted by Gasteiger charge is 2.32. The van der Waals surface area contributed by atoms with Crippen molar-refractivity contribution >= 4 is 21.6 Å². The molecule has 30 heavy (non-hydrogen) atoms. The maximum atomic E-state index is 12.9. The molecule has 0 aliphatic rings. The van der Waals surface area contributed by atoms with Gasteiger partial charge in [0, 0.05) is 12.1 Å². The minimum absolute atomic E-state index is 0.117. The largest absolute Gasteiger partial charge is 0.497 e. The van der Waals surface area contributed by atoms with E-state index in [1.807, 2.05) is 37.3 Å². The Labute approximate surface area is 179 Å². The molecular formula is C22H30N2O5S. The lowest BCUT2D eigenvalue weighted by Gasteiger charge is -2.30. The summed E-state index contributed by atoms with van der Waals surface area (Å²) in [5.41, 5.74) is 1.43. The molecule has 8 heteroatoms. The summed E-state index contributed by atoms with van der Waals surface area (Å²) in [7, 11) is -0.840. The fourth-order valence-electron chi connectivity index (χ4n) is 3.21. The van der Waals surface area contributed by atoms with E-state index in [9.17, 15) is 13.2 Å². The van der Waals surface area contributed by atoms with Gasteiger partial charge in [0.05, 0.1) is 26.2 Å². The van der Waals surface area contributed by atoms with Crippen molar-refractivity contribution in [1.29, 1.82) is 0 Å². The van der Waals surface area contributed by atoms with Gasteiger partial charge in [-0.15, -0.1) is 0 Å². The van der Waals surface area contributed by atoms with E-state index in [0.717, 1.165) is 23.4 Å². The molecule has 0 spiro atoms. The molecule has 2 rings (SSSR count). The maximum Gasteiger partial charge on any atom is 0.243 e. The van der Waals surface area contributed by atoms with Crippen LogP contribution in [-0.4, -0.2) is 46.9 Å². The summed E-state index contributed by atoms with van der Waals surface area (Å²) in [6.45, 7) is 3.46. The summed E-state index contributed by atoms with van der Waals surface area (Å²) in [5, 5.41) is 2.92. The molecule has 0 aliphatic carbocycles. The number of hydrogen-bond donors (Lipinski definition) is 1. The maximum absolute atomic E-state index is 12.9. The minimum Gasteiger partial charge on any atom is -0.497 e. The number of nitrogens with one attached hydrogen (secondary N) is 1. The van der Waals surface area contributed by atoms with Crippen molar-refractivity contribution in [1.82, 2.24) is 5.32 Å². The first kappa shape index (κ1) is 23.5. The third-order valence-electron chi connectivity index (χ3n) is 4.81. The molecule has 1 amide bonds. The van der Waals surface area contributed by atoms with Gasteiger partial charge in [-0.25, -0.2) is 8.42 Å². The zero-order valence-electron chi connectivity index (χ0n) is 18.1. The van der Waals surface area contributed by atoms with Crippen molar-refractivity contribution in [3.8, 4) is 11.5 Å². The molecule has 0 heterocycles. The molecule has 0 radical (unpaired) electrons. The van der Waals surface area contributed by atoms with Gasteiger partial charge in [0.25, 0.3) is 0 Å². The van der Waals surface area contributed by atoms with Crippen molar-refractivity contribution in [3.05, 3.63) is 54.1 Å². The second-order valence-electron chi connectivity index (χ2n) is 7.21. The van der Waals surface area contributed by atoms with Gasteiger partial charge in [0.2, 0.25) is 15.9 Å². The standard InChI is InChI=1S/C22H30N2O5S/c1-16(11-12-18-9-7-6-8-10-18)23-22(25)17(2)24(30(5,26)27)20-15-19(28-3)13-14-21(20)29-4/h6-10,13-17H,11-12H2,1-5H3,(H,23,25)/t16-,17-/m0/s1. The molecular weight excluding hydrogens is 404 g/mol. The first-order valence-electron chi connectivity index (χ1n) is 9.73. The number of nitrogens with zero attached hydrogens (tertiary/aromatic N) is 1. The van der Waals surface area contributed by atoms with Gasteiger partial charge < -0.3 is 14.8 Å². The van der Waals surface area contributed by atoms with Crippen LogP contribution in [0.3, 0.4) is 0 Å². The average molecular weight is 435 g/mol. The van der Waals surface area contributed by atoms with E-state index in [1.165, 1.54) is 19.8 Å². The van der Waals surface area contributed by atoms with Crippen molar-refractivity contribution in [3.63, 3.8) is 0 Å². The first-order chi connectivity index (χ1) is 14.2. The molecule has 1 N–H and O–H groups in total. The van der Waals surface area contributed by atoms with E-state index in [1.54, 1.807) is 25.1 Å². The molecule has 2 aromatic rings. The number of amides is 1. The summed E-state index contributed by atoms with van der Waals surface area (Å²) < 4.78 is 36.8. The Hall–Kier alpha value is -2.74. The molecule has 0 saturated carbocycles. The van der Waals surface area contributed by atoms with Crippen LogP contribution in [0.2, 0.25) is 0 Å². The van der Waals surface area contributed by atoms with Crippen LogP contribution >= 0.6 is 0 Å². The molecule has 0 aromatic heterocycles. The number of aryl methyl sites for hydroxylation is 1. The SMILES string of the molecule is COc1ccc(OC)c(N([C@@H](C)C(=O)N[C@@H](C)CCc2ccccc2)S(C)(=O)=O)c1. The Balaban J connectivity index is 2.19. The van der Waals surface area contributed by atoms with E-state index < -0.39 is 16.1 Å².